The Morgan fingerprint density at radius 3 is 2.87 bits per heavy atom. The van der Waals surface area contributed by atoms with Gasteiger partial charge >= 0.3 is 0 Å². The third-order valence-corrected chi connectivity index (χ3v) is 3.65. The zero-order chi connectivity index (χ0) is 11.1. The van der Waals surface area contributed by atoms with Crippen LogP contribution in [0.1, 0.15) is 37.5 Å². The van der Waals surface area contributed by atoms with Gasteiger partial charge in [0.05, 0.1) is 11.5 Å². The van der Waals surface area contributed by atoms with Gasteiger partial charge in [-0.1, -0.05) is 19.4 Å². The molecule has 0 aliphatic rings. The lowest BCUT2D eigenvalue weighted by Crippen LogP contribution is -2.22. The van der Waals surface area contributed by atoms with E-state index in [4.69, 9.17) is 0 Å². The van der Waals surface area contributed by atoms with E-state index < -0.39 is 5.41 Å². The van der Waals surface area contributed by atoms with E-state index in [2.05, 4.69) is 13.0 Å². The fraction of sp³-hybridized carbons (Fsp3) is 0.500. The lowest BCUT2D eigenvalue weighted by Gasteiger charge is -2.23. The summed E-state index contributed by atoms with van der Waals surface area (Å²) in [5, 5.41) is 11.3. The topological polar surface area (TPSA) is 40.9 Å². The highest BCUT2D eigenvalue weighted by Gasteiger charge is 2.31. The summed E-state index contributed by atoms with van der Waals surface area (Å²) in [7, 11) is 0. The third-order valence-electron chi connectivity index (χ3n) is 2.57. The number of rotatable bonds is 6. The van der Waals surface area contributed by atoms with Gasteiger partial charge in [-0.25, -0.2) is 0 Å². The maximum Gasteiger partial charge on any atom is 0.120 e. The summed E-state index contributed by atoms with van der Waals surface area (Å²) in [5.41, 5.74) is -0.441. The van der Waals surface area contributed by atoms with Gasteiger partial charge in [-0.05, 0) is 24.3 Å². The highest BCUT2D eigenvalue weighted by molar-refractivity contribution is 7.10. The van der Waals surface area contributed by atoms with E-state index >= 15 is 0 Å². The van der Waals surface area contributed by atoms with Crippen molar-refractivity contribution in [2.75, 3.05) is 0 Å². The maximum atomic E-state index is 10.4. The summed E-state index contributed by atoms with van der Waals surface area (Å²) in [6, 6.07) is 6.36. The molecule has 15 heavy (non-hydrogen) atoms. The molecule has 2 nitrogen and oxygen atoms in total. The molecule has 80 valence electrons. The summed E-state index contributed by atoms with van der Waals surface area (Å²) >= 11 is 1.61. The molecule has 0 saturated heterocycles. The van der Waals surface area contributed by atoms with Crippen LogP contribution < -0.4 is 0 Å². The molecule has 3 heteroatoms. The predicted molar refractivity (Wildman–Crippen MR) is 61.8 cm³/mol. The minimum atomic E-state index is -0.441. The molecule has 0 spiro atoms. The van der Waals surface area contributed by atoms with Crippen LogP contribution in [-0.4, -0.2) is 6.29 Å². The van der Waals surface area contributed by atoms with Crippen molar-refractivity contribution in [1.29, 1.82) is 5.26 Å². The Balaban J connectivity index is 2.93. The highest BCUT2D eigenvalue weighted by atomic mass is 32.1. The van der Waals surface area contributed by atoms with E-state index in [0.29, 0.717) is 12.8 Å². The average Bonchev–Trinajstić information content (AvgIpc) is 2.78. The third kappa shape index (κ3) is 2.66. The second-order valence-electron chi connectivity index (χ2n) is 3.63. The van der Waals surface area contributed by atoms with Crippen LogP contribution in [0, 0.1) is 11.3 Å². The predicted octanol–water partition coefficient (Wildman–Crippen LogP) is 3.29. The van der Waals surface area contributed by atoms with Crippen LogP contribution in [0.25, 0.3) is 0 Å². The Labute approximate surface area is 94.5 Å². The van der Waals surface area contributed by atoms with Crippen LogP contribution in [0.15, 0.2) is 17.5 Å². The summed E-state index contributed by atoms with van der Waals surface area (Å²) in [5.74, 6) is 0. The van der Waals surface area contributed by atoms with Crippen LogP contribution in [0.5, 0.6) is 0 Å². The average molecular weight is 221 g/mol. The number of carbonyl (C=O) groups is 1. The van der Waals surface area contributed by atoms with Crippen LogP contribution in [-0.2, 0) is 10.2 Å². The molecule has 0 bridgehead atoms. The maximum absolute atomic E-state index is 10.4. The first-order valence-electron chi connectivity index (χ1n) is 5.18. The molecular weight excluding hydrogens is 206 g/mol. The first-order chi connectivity index (χ1) is 7.29. The molecule has 1 unspecified atom stereocenters. The van der Waals surface area contributed by atoms with E-state index in [1.165, 1.54) is 0 Å². The Hall–Kier alpha value is -1.14. The minimum absolute atomic E-state index is 0.441. The fourth-order valence-corrected chi connectivity index (χ4v) is 2.76. The smallest absolute Gasteiger partial charge is 0.120 e. The molecule has 0 fully saturated rings. The van der Waals surface area contributed by atoms with Gasteiger partial charge in [-0.15, -0.1) is 11.3 Å². The van der Waals surface area contributed by atoms with Crippen molar-refractivity contribution >= 4 is 17.6 Å². The number of aldehydes is 1. The number of carbonyl (C=O) groups excluding carboxylic acids is 1. The van der Waals surface area contributed by atoms with Gasteiger partial charge in [0, 0.05) is 11.3 Å². The summed E-state index contributed by atoms with van der Waals surface area (Å²) in [6.07, 6.45) is 3.80. The van der Waals surface area contributed by atoms with Gasteiger partial charge in [0.25, 0.3) is 0 Å². The standard InChI is InChI=1S/C12H15NOS/c1-2-6-12(10-13,7-4-8-14)11-5-3-9-15-11/h3,5,8-9H,2,4,6-7H2,1H3. The van der Waals surface area contributed by atoms with Crippen molar-refractivity contribution in [1.82, 2.24) is 0 Å². The molecule has 0 amide bonds. The van der Waals surface area contributed by atoms with Gasteiger partial charge in [0.2, 0.25) is 0 Å². The van der Waals surface area contributed by atoms with Crippen molar-refractivity contribution in [2.45, 2.75) is 38.0 Å². The molecule has 1 aromatic heterocycles. The molecule has 0 aliphatic carbocycles. The van der Waals surface area contributed by atoms with Crippen LogP contribution in [0.2, 0.25) is 0 Å². The lowest BCUT2D eigenvalue weighted by atomic mass is 9.79. The van der Waals surface area contributed by atoms with Gasteiger partial charge in [0.1, 0.15) is 6.29 Å². The minimum Gasteiger partial charge on any atom is -0.303 e. The normalized spacial score (nSPS) is 14.1. The molecular formula is C12H15NOS. The second-order valence-corrected chi connectivity index (χ2v) is 4.57. The van der Waals surface area contributed by atoms with Gasteiger partial charge in [-0.2, -0.15) is 5.26 Å². The Bertz CT molecular complexity index is 339. The monoisotopic (exact) mass is 221 g/mol. The molecule has 1 rings (SSSR count). The first-order valence-corrected chi connectivity index (χ1v) is 6.06. The summed E-state index contributed by atoms with van der Waals surface area (Å²) in [6.45, 7) is 2.07. The van der Waals surface area contributed by atoms with Crippen LogP contribution in [0.3, 0.4) is 0 Å². The molecule has 0 radical (unpaired) electrons. The number of thiophene rings is 1. The summed E-state index contributed by atoms with van der Waals surface area (Å²) in [4.78, 5) is 11.5. The van der Waals surface area contributed by atoms with Gasteiger partial charge < -0.3 is 4.79 Å². The van der Waals surface area contributed by atoms with Crippen LogP contribution in [0.4, 0.5) is 0 Å². The molecule has 1 heterocycles. The molecule has 1 atom stereocenters. The second kappa shape index (κ2) is 5.67. The largest absolute Gasteiger partial charge is 0.303 e. The molecule has 0 N–H and O–H groups in total. The van der Waals surface area contributed by atoms with Crippen molar-refractivity contribution in [3.05, 3.63) is 22.4 Å². The number of nitriles is 1. The quantitative estimate of drug-likeness (QED) is 0.692. The van der Waals surface area contributed by atoms with E-state index in [1.807, 2.05) is 17.5 Å². The molecule has 1 aromatic rings. The van der Waals surface area contributed by atoms with E-state index in [0.717, 1.165) is 24.0 Å². The Kier molecular flexibility index (Phi) is 4.51. The van der Waals surface area contributed by atoms with Crippen molar-refractivity contribution < 1.29 is 4.79 Å². The Morgan fingerprint density at radius 1 is 1.60 bits per heavy atom. The van der Waals surface area contributed by atoms with Crippen LogP contribution >= 0.6 is 11.3 Å². The SMILES string of the molecule is CCCC(C#N)(CCC=O)c1cccs1. The van der Waals surface area contributed by atoms with Gasteiger partial charge in [-0.3, -0.25) is 0 Å². The van der Waals surface area contributed by atoms with E-state index in [1.54, 1.807) is 11.3 Å². The van der Waals surface area contributed by atoms with Gasteiger partial charge in [0.15, 0.2) is 0 Å². The first kappa shape index (κ1) is 11.9. The lowest BCUT2D eigenvalue weighted by molar-refractivity contribution is -0.108. The zero-order valence-electron chi connectivity index (χ0n) is 8.90. The zero-order valence-corrected chi connectivity index (χ0v) is 9.72. The number of hydrogen-bond acceptors (Lipinski definition) is 3. The molecule has 0 aliphatic heterocycles. The van der Waals surface area contributed by atoms with Crippen molar-refractivity contribution in [3.8, 4) is 6.07 Å². The highest BCUT2D eigenvalue weighted by Crippen LogP contribution is 2.36. The van der Waals surface area contributed by atoms with Crippen molar-refractivity contribution in [3.63, 3.8) is 0 Å². The summed E-state index contributed by atoms with van der Waals surface area (Å²) < 4.78 is 0. The fourth-order valence-electron chi connectivity index (χ4n) is 1.82. The van der Waals surface area contributed by atoms with Crippen molar-refractivity contribution in [2.24, 2.45) is 0 Å². The Morgan fingerprint density at radius 2 is 2.40 bits per heavy atom. The van der Waals surface area contributed by atoms with E-state index in [-0.39, 0.29) is 0 Å². The number of nitrogens with zero attached hydrogens (tertiary/aromatic N) is 1. The molecule has 0 saturated carbocycles. The number of hydrogen-bond donors (Lipinski definition) is 0. The van der Waals surface area contributed by atoms with E-state index in [9.17, 15) is 10.1 Å². The molecule has 0 aromatic carbocycles.